The van der Waals surface area contributed by atoms with Crippen LogP contribution in [-0.2, 0) is 4.79 Å². The number of hydrogen-bond donors (Lipinski definition) is 2. The maximum atomic E-state index is 13.9. The summed E-state index contributed by atoms with van der Waals surface area (Å²) in [6.45, 7) is 3.45. The highest BCUT2D eigenvalue weighted by molar-refractivity contribution is 6.05. The van der Waals surface area contributed by atoms with Gasteiger partial charge in [-0.05, 0) is 30.2 Å². The summed E-state index contributed by atoms with van der Waals surface area (Å²) < 4.78 is 27.7. The molecule has 0 saturated heterocycles. The monoisotopic (exact) mass is 383 g/mol. The van der Waals surface area contributed by atoms with E-state index in [0.29, 0.717) is 11.2 Å². The van der Waals surface area contributed by atoms with Crippen LogP contribution >= 0.6 is 0 Å². The van der Waals surface area contributed by atoms with Crippen LogP contribution in [0.15, 0.2) is 54.7 Å². The van der Waals surface area contributed by atoms with E-state index >= 15 is 0 Å². The van der Waals surface area contributed by atoms with Crippen LogP contribution in [0, 0.1) is 17.6 Å². The summed E-state index contributed by atoms with van der Waals surface area (Å²) in [6.07, 6.45) is 1.61. The molecule has 0 aliphatic heterocycles. The van der Waals surface area contributed by atoms with E-state index in [1.165, 1.54) is 6.07 Å². The molecule has 1 aromatic heterocycles. The van der Waals surface area contributed by atoms with Gasteiger partial charge in [-0.1, -0.05) is 38.1 Å². The van der Waals surface area contributed by atoms with Crippen molar-refractivity contribution in [3.05, 3.63) is 71.9 Å². The first-order valence-corrected chi connectivity index (χ1v) is 8.78. The maximum absolute atomic E-state index is 13.9. The fourth-order valence-corrected chi connectivity index (χ4v) is 2.88. The molecule has 1 unspecified atom stereocenters. The van der Waals surface area contributed by atoms with E-state index in [-0.39, 0.29) is 5.92 Å². The van der Waals surface area contributed by atoms with Crippen molar-refractivity contribution in [1.82, 2.24) is 10.3 Å². The van der Waals surface area contributed by atoms with Crippen molar-refractivity contribution in [2.75, 3.05) is 5.32 Å². The number of aromatic nitrogens is 1. The van der Waals surface area contributed by atoms with Gasteiger partial charge in [0.2, 0.25) is 5.91 Å². The zero-order chi connectivity index (χ0) is 20.3. The number of nitrogens with zero attached hydrogens (tertiary/aromatic N) is 1. The van der Waals surface area contributed by atoms with Crippen LogP contribution in [0.3, 0.4) is 0 Å². The van der Waals surface area contributed by atoms with Crippen LogP contribution in [0.2, 0.25) is 0 Å². The topological polar surface area (TPSA) is 71.1 Å². The molecule has 0 radical (unpaired) electrons. The number of para-hydroxylation sites is 1. The first-order chi connectivity index (χ1) is 13.4. The molecular formula is C21H19F2N3O2. The van der Waals surface area contributed by atoms with Crippen molar-refractivity contribution >= 4 is 28.4 Å². The van der Waals surface area contributed by atoms with Crippen LogP contribution in [0.4, 0.5) is 14.5 Å². The molecule has 1 heterocycles. The van der Waals surface area contributed by atoms with E-state index in [2.05, 4.69) is 15.6 Å². The molecule has 3 aromatic rings. The highest BCUT2D eigenvalue weighted by atomic mass is 19.1. The number of benzene rings is 2. The molecule has 0 fully saturated rings. The normalized spacial score (nSPS) is 12.0. The molecule has 28 heavy (non-hydrogen) atoms. The lowest BCUT2D eigenvalue weighted by molar-refractivity contribution is -0.118. The summed E-state index contributed by atoms with van der Waals surface area (Å²) in [5, 5.41) is 6.03. The van der Waals surface area contributed by atoms with Crippen molar-refractivity contribution in [3.8, 4) is 0 Å². The Labute approximate surface area is 160 Å². The largest absolute Gasteiger partial charge is 0.340 e. The van der Waals surface area contributed by atoms with Crippen LogP contribution in [0.5, 0.6) is 0 Å². The van der Waals surface area contributed by atoms with E-state index < -0.39 is 35.1 Å². The third kappa shape index (κ3) is 3.98. The van der Waals surface area contributed by atoms with Gasteiger partial charge in [-0.2, -0.15) is 0 Å². The predicted molar refractivity (Wildman–Crippen MR) is 103 cm³/mol. The van der Waals surface area contributed by atoms with E-state index in [9.17, 15) is 18.4 Å². The molecule has 0 aliphatic rings. The third-order valence-electron chi connectivity index (χ3n) is 4.32. The van der Waals surface area contributed by atoms with E-state index in [1.807, 2.05) is 12.1 Å². The average Bonchev–Trinajstić information content (AvgIpc) is 2.66. The van der Waals surface area contributed by atoms with Crippen molar-refractivity contribution in [3.63, 3.8) is 0 Å². The summed E-state index contributed by atoms with van der Waals surface area (Å²) in [4.78, 5) is 29.4. The van der Waals surface area contributed by atoms with Gasteiger partial charge in [0.05, 0.1) is 11.2 Å². The highest BCUT2D eigenvalue weighted by Gasteiger charge is 2.27. The second-order valence-corrected chi connectivity index (χ2v) is 6.66. The fraction of sp³-hybridized carbons (Fsp3) is 0.190. The number of nitrogens with one attached hydrogen (secondary N) is 2. The van der Waals surface area contributed by atoms with Crippen LogP contribution in [0.1, 0.15) is 24.2 Å². The molecule has 0 saturated carbocycles. The smallest absolute Gasteiger partial charge is 0.257 e. The molecule has 0 bridgehead atoms. The van der Waals surface area contributed by atoms with Gasteiger partial charge in [-0.15, -0.1) is 0 Å². The van der Waals surface area contributed by atoms with Gasteiger partial charge in [-0.25, -0.2) is 8.78 Å². The van der Waals surface area contributed by atoms with E-state index in [4.69, 9.17) is 0 Å². The first-order valence-electron chi connectivity index (χ1n) is 8.78. The number of fused-ring (bicyclic) bond motifs is 1. The molecule has 144 valence electrons. The number of carbonyl (C=O) groups excluding carboxylic acids is 2. The molecule has 0 spiro atoms. The summed E-state index contributed by atoms with van der Waals surface area (Å²) in [7, 11) is 0. The number of anilines is 1. The molecule has 1 atom stereocenters. The maximum Gasteiger partial charge on any atom is 0.257 e. The fourth-order valence-electron chi connectivity index (χ4n) is 2.88. The van der Waals surface area contributed by atoms with Crippen LogP contribution in [-0.4, -0.2) is 22.8 Å². The standard InChI is InChI=1S/C21H19F2N3O2/c1-12(2)18(26-20(27)17-14(22)8-4-9-15(17)23)21(28)25-16-10-3-6-13-7-5-11-24-19(13)16/h3-12,18H,1-2H3,(H,25,28)(H,26,27). The van der Waals surface area contributed by atoms with Gasteiger partial charge in [0.1, 0.15) is 23.2 Å². The SMILES string of the molecule is CC(C)C(NC(=O)c1c(F)cccc1F)C(=O)Nc1cccc2cccnc12. The quantitative estimate of drug-likeness (QED) is 0.702. The zero-order valence-corrected chi connectivity index (χ0v) is 15.4. The number of hydrogen-bond acceptors (Lipinski definition) is 3. The van der Waals surface area contributed by atoms with E-state index in [0.717, 1.165) is 17.5 Å². The highest BCUT2D eigenvalue weighted by Crippen LogP contribution is 2.21. The Bertz CT molecular complexity index is 1010. The number of amides is 2. The number of halogens is 2. The molecule has 2 aromatic carbocycles. The Balaban J connectivity index is 1.84. The molecule has 2 amide bonds. The van der Waals surface area contributed by atoms with Crippen molar-refractivity contribution in [2.24, 2.45) is 5.92 Å². The van der Waals surface area contributed by atoms with Gasteiger partial charge in [-0.3, -0.25) is 14.6 Å². The molecule has 0 aliphatic carbocycles. The van der Waals surface area contributed by atoms with Gasteiger partial charge in [0.15, 0.2) is 0 Å². The third-order valence-corrected chi connectivity index (χ3v) is 4.32. The molecule has 3 rings (SSSR count). The zero-order valence-electron chi connectivity index (χ0n) is 15.4. The Morgan fingerprint density at radius 1 is 0.964 bits per heavy atom. The van der Waals surface area contributed by atoms with Crippen LogP contribution in [0.25, 0.3) is 10.9 Å². The second kappa shape index (κ2) is 8.12. The summed E-state index contributed by atoms with van der Waals surface area (Å²) in [6, 6.07) is 11.1. The lowest BCUT2D eigenvalue weighted by Gasteiger charge is -2.22. The summed E-state index contributed by atoms with van der Waals surface area (Å²) in [5.41, 5.74) is 0.375. The van der Waals surface area contributed by atoms with Crippen molar-refractivity contribution in [1.29, 1.82) is 0 Å². The molecule has 5 nitrogen and oxygen atoms in total. The van der Waals surface area contributed by atoms with Gasteiger partial charge in [0, 0.05) is 11.6 Å². The first kappa shape index (κ1) is 19.4. The van der Waals surface area contributed by atoms with Gasteiger partial charge >= 0.3 is 0 Å². The van der Waals surface area contributed by atoms with E-state index in [1.54, 1.807) is 38.2 Å². The molecular weight excluding hydrogens is 364 g/mol. The average molecular weight is 383 g/mol. The minimum Gasteiger partial charge on any atom is -0.340 e. The lowest BCUT2D eigenvalue weighted by atomic mass is 10.0. The lowest BCUT2D eigenvalue weighted by Crippen LogP contribution is -2.47. The number of pyridine rings is 1. The second-order valence-electron chi connectivity index (χ2n) is 6.66. The molecule has 7 heteroatoms. The van der Waals surface area contributed by atoms with Gasteiger partial charge < -0.3 is 10.6 Å². The summed E-state index contributed by atoms with van der Waals surface area (Å²) >= 11 is 0. The van der Waals surface area contributed by atoms with Gasteiger partial charge in [0.25, 0.3) is 5.91 Å². The Morgan fingerprint density at radius 3 is 2.29 bits per heavy atom. The predicted octanol–water partition coefficient (Wildman–Crippen LogP) is 3.91. The Hall–Kier alpha value is -3.35. The Kier molecular flexibility index (Phi) is 5.63. The van der Waals surface area contributed by atoms with Crippen molar-refractivity contribution < 1.29 is 18.4 Å². The summed E-state index contributed by atoms with van der Waals surface area (Å²) in [5.74, 6) is -3.78. The number of rotatable bonds is 5. The minimum absolute atomic E-state index is 0.318. The van der Waals surface area contributed by atoms with Crippen molar-refractivity contribution in [2.45, 2.75) is 19.9 Å². The van der Waals surface area contributed by atoms with Crippen LogP contribution < -0.4 is 10.6 Å². The molecule has 2 N–H and O–H groups in total. The Morgan fingerprint density at radius 2 is 1.61 bits per heavy atom. The minimum atomic E-state index is -0.995. The number of carbonyl (C=O) groups is 2.